The molecule has 3 N–H and O–H groups in total. The maximum absolute atomic E-state index is 12.4. The molecule has 2 amide bonds. The van der Waals surface area contributed by atoms with Gasteiger partial charge in [-0.3, -0.25) is 9.59 Å². The minimum atomic E-state index is -0.143. The second-order valence-electron chi connectivity index (χ2n) is 7.54. The third-order valence-electron chi connectivity index (χ3n) is 4.60. The molecule has 0 radical (unpaired) electrons. The molecule has 0 bridgehead atoms. The molecular formula is C19H29N3O2. The van der Waals surface area contributed by atoms with Crippen molar-refractivity contribution in [1.82, 2.24) is 10.6 Å². The predicted molar refractivity (Wildman–Crippen MR) is 96.6 cm³/mol. The maximum Gasteiger partial charge on any atom is 0.237 e. The molecule has 1 aliphatic heterocycles. The van der Waals surface area contributed by atoms with Crippen molar-refractivity contribution < 1.29 is 9.59 Å². The fraction of sp³-hybridized carbons (Fsp3) is 0.579. The van der Waals surface area contributed by atoms with Crippen molar-refractivity contribution >= 4 is 17.5 Å². The molecule has 2 rings (SSSR count). The Labute approximate surface area is 144 Å². The second-order valence-corrected chi connectivity index (χ2v) is 7.54. The number of carbonyl (C=O) groups excluding carboxylic acids is 2. The quantitative estimate of drug-likeness (QED) is 0.777. The van der Waals surface area contributed by atoms with E-state index >= 15 is 0 Å². The highest BCUT2D eigenvalue weighted by molar-refractivity contribution is 5.92. The molecule has 1 heterocycles. The summed E-state index contributed by atoms with van der Waals surface area (Å²) in [6, 6.07) is 7.44. The summed E-state index contributed by atoms with van der Waals surface area (Å²) in [5.74, 6) is 0.00820. The fourth-order valence-corrected chi connectivity index (χ4v) is 2.94. The van der Waals surface area contributed by atoms with Gasteiger partial charge in [0.15, 0.2) is 0 Å². The molecular weight excluding hydrogens is 302 g/mol. The molecule has 0 saturated carbocycles. The lowest BCUT2D eigenvalue weighted by Gasteiger charge is -2.38. The zero-order chi connectivity index (χ0) is 17.7. The number of hydrogen-bond donors (Lipinski definition) is 3. The Hall–Kier alpha value is -1.88. The number of nitrogens with one attached hydrogen (secondary N) is 3. The molecule has 1 saturated heterocycles. The van der Waals surface area contributed by atoms with E-state index in [-0.39, 0.29) is 29.2 Å². The topological polar surface area (TPSA) is 70.2 Å². The summed E-state index contributed by atoms with van der Waals surface area (Å²) in [7, 11) is 0. The van der Waals surface area contributed by atoms with Gasteiger partial charge in [0.05, 0.1) is 6.04 Å². The standard InChI is InChI=1S/C19H29N3O2/c1-13(2)17(23)22-15-8-6-14(7-9-15)12-21-18(24)16-19(3,4)10-5-11-20-16/h6-9,13,16,20H,5,10-12H2,1-4H3,(H,21,24)(H,22,23). The van der Waals surface area contributed by atoms with Gasteiger partial charge in [-0.15, -0.1) is 0 Å². The minimum absolute atomic E-state index is 0.00153. The number of benzene rings is 1. The van der Waals surface area contributed by atoms with Crippen molar-refractivity contribution in [2.45, 2.75) is 53.1 Å². The lowest BCUT2D eigenvalue weighted by molar-refractivity contribution is -0.127. The first-order valence-corrected chi connectivity index (χ1v) is 8.70. The number of hydrogen-bond acceptors (Lipinski definition) is 3. The summed E-state index contributed by atoms with van der Waals surface area (Å²) in [4.78, 5) is 24.1. The van der Waals surface area contributed by atoms with Gasteiger partial charge in [-0.2, -0.15) is 0 Å². The van der Waals surface area contributed by atoms with E-state index < -0.39 is 0 Å². The Morgan fingerprint density at radius 1 is 1.25 bits per heavy atom. The van der Waals surface area contributed by atoms with Gasteiger partial charge in [0.2, 0.25) is 11.8 Å². The maximum atomic E-state index is 12.4. The molecule has 1 atom stereocenters. The van der Waals surface area contributed by atoms with Crippen LogP contribution in [0.1, 0.15) is 46.1 Å². The summed E-state index contributed by atoms with van der Waals surface area (Å²) < 4.78 is 0. The molecule has 5 nitrogen and oxygen atoms in total. The van der Waals surface area contributed by atoms with Crippen LogP contribution in [0.25, 0.3) is 0 Å². The van der Waals surface area contributed by atoms with Gasteiger partial charge >= 0.3 is 0 Å². The molecule has 132 valence electrons. The van der Waals surface area contributed by atoms with Gasteiger partial charge < -0.3 is 16.0 Å². The summed E-state index contributed by atoms with van der Waals surface area (Å²) in [5.41, 5.74) is 1.77. The molecule has 1 aromatic rings. The summed E-state index contributed by atoms with van der Waals surface area (Å²) in [6.45, 7) is 9.38. The van der Waals surface area contributed by atoms with Gasteiger partial charge in [0, 0.05) is 18.2 Å². The van der Waals surface area contributed by atoms with E-state index in [9.17, 15) is 9.59 Å². The fourth-order valence-electron chi connectivity index (χ4n) is 2.94. The molecule has 1 fully saturated rings. The molecule has 0 aliphatic carbocycles. The minimum Gasteiger partial charge on any atom is -0.351 e. The van der Waals surface area contributed by atoms with Crippen LogP contribution in [-0.2, 0) is 16.1 Å². The zero-order valence-electron chi connectivity index (χ0n) is 15.1. The van der Waals surface area contributed by atoms with Gasteiger partial charge in [0.25, 0.3) is 0 Å². The van der Waals surface area contributed by atoms with Crippen molar-refractivity contribution in [2.75, 3.05) is 11.9 Å². The molecule has 0 spiro atoms. The van der Waals surface area contributed by atoms with Crippen LogP contribution in [0, 0.1) is 11.3 Å². The van der Waals surface area contributed by atoms with Gasteiger partial charge in [-0.05, 0) is 42.5 Å². The first-order valence-electron chi connectivity index (χ1n) is 8.70. The normalized spacial score (nSPS) is 19.8. The monoisotopic (exact) mass is 331 g/mol. The number of amides is 2. The molecule has 0 aromatic heterocycles. The average molecular weight is 331 g/mol. The van der Waals surface area contributed by atoms with Crippen LogP contribution in [-0.4, -0.2) is 24.4 Å². The van der Waals surface area contributed by atoms with E-state index in [4.69, 9.17) is 0 Å². The van der Waals surface area contributed by atoms with E-state index in [0.717, 1.165) is 30.6 Å². The Balaban J connectivity index is 1.88. The largest absolute Gasteiger partial charge is 0.351 e. The van der Waals surface area contributed by atoms with Crippen molar-refractivity contribution in [1.29, 1.82) is 0 Å². The SMILES string of the molecule is CC(C)C(=O)Nc1ccc(CNC(=O)C2NCCCC2(C)C)cc1. The van der Waals surface area contributed by atoms with Gasteiger partial charge in [-0.1, -0.05) is 39.8 Å². The second kappa shape index (κ2) is 7.79. The molecule has 5 heteroatoms. The Morgan fingerprint density at radius 2 is 1.92 bits per heavy atom. The number of piperidine rings is 1. The first kappa shape index (κ1) is 18.5. The third kappa shape index (κ3) is 4.81. The van der Waals surface area contributed by atoms with Gasteiger partial charge in [0.1, 0.15) is 0 Å². The van der Waals surface area contributed by atoms with E-state index in [1.807, 2.05) is 38.1 Å². The number of anilines is 1. The molecule has 1 aromatic carbocycles. The first-order chi connectivity index (χ1) is 11.3. The van der Waals surface area contributed by atoms with Crippen LogP contribution >= 0.6 is 0 Å². The highest BCUT2D eigenvalue weighted by Gasteiger charge is 2.36. The van der Waals surface area contributed by atoms with Gasteiger partial charge in [-0.25, -0.2) is 0 Å². The Kier molecular flexibility index (Phi) is 5.99. The van der Waals surface area contributed by atoms with Crippen LogP contribution < -0.4 is 16.0 Å². The highest BCUT2D eigenvalue weighted by Crippen LogP contribution is 2.30. The van der Waals surface area contributed by atoms with Crippen LogP contribution in [0.4, 0.5) is 5.69 Å². The summed E-state index contributed by atoms with van der Waals surface area (Å²) >= 11 is 0. The predicted octanol–water partition coefficient (Wildman–Crippen LogP) is 2.68. The molecule has 24 heavy (non-hydrogen) atoms. The van der Waals surface area contributed by atoms with E-state index in [2.05, 4.69) is 29.8 Å². The van der Waals surface area contributed by atoms with Crippen molar-refractivity contribution in [3.8, 4) is 0 Å². The summed E-state index contributed by atoms with van der Waals surface area (Å²) in [5, 5.41) is 9.20. The van der Waals surface area contributed by atoms with Crippen LogP contribution in [0.2, 0.25) is 0 Å². The lowest BCUT2D eigenvalue weighted by Crippen LogP contribution is -2.55. The van der Waals surface area contributed by atoms with E-state index in [0.29, 0.717) is 6.54 Å². The smallest absolute Gasteiger partial charge is 0.237 e. The van der Waals surface area contributed by atoms with Crippen LogP contribution in [0.3, 0.4) is 0 Å². The number of carbonyl (C=O) groups is 2. The summed E-state index contributed by atoms with van der Waals surface area (Å²) in [6.07, 6.45) is 2.17. The molecule has 1 aliphatic rings. The Bertz CT molecular complexity index is 579. The van der Waals surface area contributed by atoms with Crippen LogP contribution in [0.5, 0.6) is 0 Å². The zero-order valence-corrected chi connectivity index (χ0v) is 15.1. The lowest BCUT2D eigenvalue weighted by atomic mass is 9.77. The van der Waals surface area contributed by atoms with E-state index in [1.54, 1.807) is 0 Å². The number of rotatable bonds is 5. The van der Waals surface area contributed by atoms with Crippen molar-refractivity contribution in [3.63, 3.8) is 0 Å². The average Bonchev–Trinajstić information content (AvgIpc) is 2.53. The highest BCUT2D eigenvalue weighted by atomic mass is 16.2. The van der Waals surface area contributed by atoms with Crippen molar-refractivity contribution in [2.24, 2.45) is 11.3 Å². The third-order valence-corrected chi connectivity index (χ3v) is 4.60. The van der Waals surface area contributed by atoms with E-state index in [1.165, 1.54) is 0 Å². The Morgan fingerprint density at radius 3 is 2.50 bits per heavy atom. The van der Waals surface area contributed by atoms with Crippen molar-refractivity contribution in [3.05, 3.63) is 29.8 Å². The van der Waals surface area contributed by atoms with Crippen LogP contribution in [0.15, 0.2) is 24.3 Å². The molecule has 1 unspecified atom stereocenters.